The molecule has 2 aromatic rings. The summed E-state index contributed by atoms with van der Waals surface area (Å²) in [5.74, 6) is -0.209. The van der Waals surface area contributed by atoms with Crippen molar-refractivity contribution in [2.24, 2.45) is 0 Å². The minimum atomic E-state index is -0.654. The summed E-state index contributed by atoms with van der Waals surface area (Å²) in [5.41, 5.74) is 0.902. The summed E-state index contributed by atoms with van der Waals surface area (Å²) >= 11 is 0. The predicted molar refractivity (Wildman–Crippen MR) is 70.6 cm³/mol. The van der Waals surface area contributed by atoms with Crippen LogP contribution in [0.5, 0.6) is 5.75 Å². The summed E-state index contributed by atoms with van der Waals surface area (Å²) in [6.07, 6.45) is 1.22. The summed E-state index contributed by atoms with van der Waals surface area (Å²) in [5, 5.41) is 6.66. The number of nitrogens with zero attached hydrogens (tertiary/aromatic N) is 2. The molecule has 1 aromatic carbocycles. The normalized spacial score (nSPS) is 13.2. The van der Waals surface area contributed by atoms with Crippen LogP contribution in [0.15, 0.2) is 27.4 Å². The Morgan fingerprint density at radius 2 is 2.24 bits per heavy atom. The number of anilines is 1. The maximum absolute atomic E-state index is 11.8. The Morgan fingerprint density at radius 1 is 1.38 bits per heavy atom. The molecule has 0 aliphatic carbocycles. The smallest absolute Gasteiger partial charge is 0.441 e. The fourth-order valence-corrected chi connectivity index (χ4v) is 1.97. The first kappa shape index (κ1) is 13.1. The second kappa shape index (κ2) is 5.23. The van der Waals surface area contributed by atoms with E-state index in [-0.39, 0.29) is 31.2 Å². The standard InChI is InChI=1S/C13H11N3O5/c17-5-1-2-12-15-16(13(19)21-12)8-3-4-10-9(6-8)14-11(18)7-20-10/h3-6H,1-2,7H2,(H,14,18). The Kier molecular flexibility index (Phi) is 3.27. The van der Waals surface area contributed by atoms with Crippen LogP contribution in [0.2, 0.25) is 0 Å². The molecular weight excluding hydrogens is 278 g/mol. The molecule has 1 aromatic heterocycles. The van der Waals surface area contributed by atoms with Gasteiger partial charge in [-0.25, -0.2) is 4.79 Å². The third-order valence-corrected chi connectivity index (χ3v) is 2.91. The van der Waals surface area contributed by atoms with E-state index < -0.39 is 5.76 Å². The van der Waals surface area contributed by atoms with Gasteiger partial charge in [-0.05, 0) is 18.2 Å². The van der Waals surface area contributed by atoms with Gasteiger partial charge in [-0.1, -0.05) is 0 Å². The molecule has 21 heavy (non-hydrogen) atoms. The molecule has 1 N–H and O–H groups in total. The molecule has 0 bridgehead atoms. The minimum absolute atomic E-state index is 0.0356. The first-order chi connectivity index (χ1) is 10.2. The Bertz CT molecular complexity index is 761. The number of aromatic nitrogens is 2. The van der Waals surface area contributed by atoms with Gasteiger partial charge in [0.1, 0.15) is 12.0 Å². The highest BCUT2D eigenvalue weighted by molar-refractivity contribution is 5.95. The Morgan fingerprint density at radius 3 is 3.05 bits per heavy atom. The van der Waals surface area contributed by atoms with Crippen LogP contribution in [-0.4, -0.2) is 28.6 Å². The largest absolute Gasteiger partial charge is 0.482 e. The molecule has 0 saturated carbocycles. The quantitative estimate of drug-likeness (QED) is 0.811. The highest BCUT2D eigenvalue weighted by atomic mass is 16.5. The number of ether oxygens (including phenoxy) is 1. The number of hydrogen-bond acceptors (Lipinski definition) is 6. The van der Waals surface area contributed by atoms with E-state index in [1.165, 1.54) is 0 Å². The Hall–Kier alpha value is -2.90. The van der Waals surface area contributed by atoms with Gasteiger partial charge in [-0.3, -0.25) is 4.79 Å². The lowest BCUT2D eigenvalue weighted by Gasteiger charge is -2.18. The molecule has 0 unspecified atom stereocenters. The molecule has 108 valence electrons. The van der Waals surface area contributed by atoms with Gasteiger partial charge in [-0.2, -0.15) is 4.68 Å². The second-order valence-electron chi connectivity index (χ2n) is 4.40. The maximum Gasteiger partial charge on any atom is 0.441 e. The number of aryl methyl sites for hydroxylation is 1. The molecule has 2 heterocycles. The van der Waals surface area contributed by atoms with Gasteiger partial charge >= 0.3 is 5.76 Å². The van der Waals surface area contributed by atoms with Crippen LogP contribution in [0.25, 0.3) is 5.69 Å². The van der Waals surface area contributed by atoms with Crippen LogP contribution < -0.4 is 15.8 Å². The molecule has 0 radical (unpaired) electrons. The summed E-state index contributed by atoms with van der Waals surface area (Å²) < 4.78 is 11.3. The third-order valence-electron chi connectivity index (χ3n) is 2.91. The van der Waals surface area contributed by atoms with E-state index in [4.69, 9.17) is 9.15 Å². The van der Waals surface area contributed by atoms with E-state index in [1.54, 1.807) is 18.2 Å². The van der Waals surface area contributed by atoms with Crippen LogP contribution in [0.3, 0.4) is 0 Å². The van der Waals surface area contributed by atoms with Crippen molar-refractivity contribution in [3.05, 3.63) is 34.6 Å². The average Bonchev–Trinajstić information content (AvgIpc) is 2.85. The maximum atomic E-state index is 11.8. The molecule has 0 saturated heterocycles. The number of fused-ring (bicyclic) bond motifs is 1. The van der Waals surface area contributed by atoms with Gasteiger partial charge in [-0.15, -0.1) is 5.10 Å². The van der Waals surface area contributed by atoms with Gasteiger partial charge in [0.2, 0.25) is 5.89 Å². The van der Waals surface area contributed by atoms with Crippen LogP contribution in [0.4, 0.5) is 5.69 Å². The summed E-state index contributed by atoms with van der Waals surface area (Å²) in [7, 11) is 0. The minimum Gasteiger partial charge on any atom is -0.482 e. The van der Waals surface area contributed by atoms with Gasteiger partial charge in [0.05, 0.1) is 11.4 Å². The lowest BCUT2D eigenvalue weighted by Crippen LogP contribution is -2.25. The van der Waals surface area contributed by atoms with Crippen molar-refractivity contribution in [1.29, 1.82) is 0 Å². The van der Waals surface area contributed by atoms with Gasteiger partial charge in [0, 0.05) is 12.8 Å². The number of carbonyl (C=O) groups is 2. The van der Waals surface area contributed by atoms with Gasteiger partial charge in [0.25, 0.3) is 5.91 Å². The summed E-state index contributed by atoms with van der Waals surface area (Å²) in [6.45, 7) is -0.0356. The zero-order chi connectivity index (χ0) is 14.8. The predicted octanol–water partition coefficient (Wildman–Crippen LogP) is 0.288. The molecule has 1 aliphatic heterocycles. The molecule has 8 nitrogen and oxygen atoms in total. The van der Waals surface area contributed by atoms with E-state index >= 15 is 0 Å². The van der Waals surface area contributed by atoms with Crippen LogP contribution in [-0.2, 0) is 16.0 Å². The van der Waals surface area contributed by atoms with Crippen molar-refractivity contribution in [2.75, 3.05) is 11.9 Å². The molecule has 0 fully saturated rings. The third kappa shape index (κ3) is 2.55. The van der Waals surface area contributed by atoms with E-state index in [0.717, 1.165) is 11.0 Å². The van der Waals surface area contributed by atoms with Crippen LogP contribution >= 0.6 is 0 Å². The molecule has 0 spiro atoms. The number of hydrogen-bond donors (Lipinski definition) is 1. The highest BCUT2D eigenvalue weighted by Gasteiger charge is 2.18. The lowest BCUT2D eigenvalue weighted by molar-refractivity contribution is -0.118. The SMILES string of the molecule is O=CCCc1nn(-c2ccc3c(c2)NC(=O)CO3)c(=O)o1. The number of nitrogens with one attached hydrogen (secondary N) is 1. The number of carbonyl (C=O) groups excluding carboxylic acids is 2. The molecule has 8 heteroatoms. The zero-order valence-electron chi connectivity index (χ0n) is 10.9. The fourth-order valence-electron chi connectivity index (χ4n) is 1.97. The molecular formula is C13H11N3O5. The Labute approximate surface area is 118 Å². The van der Waals surface area contributed by atoms with Crippen LogP contribution in [0, 0.1) is 0 Å². The van der Waals surface area contributed by atoms with Gasteiger partial charge in [0.15, 0.2) is 6.61 Å². The van der Waals surface area contributed by atoms with E-state index in [1.807, 2.05) is 0 Å². The average molecular weight is 289 g/mol. The van der Waals surface area contributed by atoms with Crippen molar-refractivity contribution in [2.45, 2.75) is 12.8 Å². The zero-order valence-corrected chi connectivity index (χ0v) is 10.9. The molecule has 3 rings (SSSR count). The molecule has 1 aliphatic rings. The molecule has 0 atom stereocenters. The fraction of sp³-hybridized carbons (Fsp3) is 0.231. The lowest BCUT2D eigenvalue weighted by atomic mass is 10.2. The monoisotopic (exact) mass is 289 g/mol. The first-order valence-corrected chi connectivity index (χ1v) is 6.27. The highest BCUT2D eigenvalue weighted by Crippen LogP contribution is 2.29. The number of amides is 1. The topological polar surface area (TPSA) is 103 Å². The van der Waals surface area contributed by atoms with Crippen LogP contribution in [0.1, 0.15) is 12.3 Å². The Balaban J connectivity index is 1.95. The van der Waals surface area contributed by atoms with Crippen molar-refractivity contribution in [3.63, 3.8) is 0 Å². The second-order valence-corrected chi connectivity index (χ2v) is 4.40. The van der Waals surface area contributed by atoms with E-state index in [0.29, 0.717) is 17.1 Å². The number of benzene rings is 1. The summed E-state index contributed by atoms with van der Waals surface area (Å²) in [6, 6.07) is 4.83. The van der Waals surface area contributed by atoms with E-state index in [2.05, 4.69) is 10.4 Å². The number of rotatable bonds is 4. The van der Waals surface area contributed by atoms with E-state index in [9.17, 15) is 14.4 Å². The summed E-state index contributed by atoms with van der Waals surface area (Å²) in [4.78, 5) is 33.4. The van der Waals surface area contributed by atoms with Crippen molar-refractivity contribution in [3.8, 4) is 11.4 Å². The molecule has 1 amide bonds. The van der Waals surface area contributed by atoms with Gasteiger partial charge < -0.3 is 19.3 Å². The van der Waals surface area contributed by atoms with Crippen molar-refractivity contribution in [1.82, 2.24) is 9.78 Å². The first-order valence-electron chi connectivity index (χ1n) is 6.27. The van der Waals surface area contributed by atoms with Crippen molar-refractivity contribution >= 4 is 17.9 Å². The van der Waals surface area contributed by atoms with Crippen molar-refractivity contribution < 1.29 is 18.7 Å². The number of aldehydes is 1.